The Hall–Kier alpha value is -7.75. The first-order chi connectivity index (χ1) is 39.6. The Morgan fingerprint density at radius 2 is 1.15 bits per heavy atom. The number of para-hydroxylation sites is 6. The zero-order valence-corrected chi connectivity index (χ0v) is 46.9. The number of carbonyl (C=O) groups excluding carboxylic acids is 1. The van der Waals surface area contributed by atoms with Crippen LogP contribution in [0.2, 0.25) is 15.1 Å². The van der Waals surface area contributed by atoms with Crippen LogP contribution in [0.25, 0.3) is 67.3 Å². The largest absolute Gasteiger partial charge is 0.433 e. The van der Waals surface area contributed by atoms with Gasteiger partial charge in [-0.15, -0.1) is 0 Å². The number of aryl methyl sites for hydroxylation is 2. The first-order valence-corrected chi connectivity index (χ1v) is 27.5. The number of nitro benzene ring substituents is 1. The van der Waals surface area contributed by atoms with E-state index in [1.54, 1.807) is 18.2 Å². The summed E-state index contributed by atoms with van der Waals surface area (Å²) in [6.07, 6.45) is -4.59. The topological polar surface area (TPSA) is 174 Å². The van der Waals surface area contributed by atoms with Gasteiger partial charge >= 0.3 is 6.18 Å². The average molecular weight is 1170 g/mol. The van der Waals surface area contributed by atoms with E-state index in [0.29, 0.717) is 58.3 Å². The van der Waals surface area contributed by atoms with Crippen LogP contribution in [-0.4, -0.2) is 120 Å². The number of pyridine rings is 1. The minimum absolute atomic E-state index is 0.0140. The highest BCUT2D eigenvalue weighted by molar-refractivity contribution is 6.34. The Bertz CT molecular complexity index is 3900. The maximum atomic E-state index is 13.0. The van der Waals surface area contributed by atoms with E-state index in [1.165, 1.54) is 30.7 Å². The van der Waals surface area contributed by atoms with Gasteiger partial charge in [0.1, 0.15) is 23.2 Å². The van der Waals surface area contributed by atoms with Crippen LogP contribution >= 0.6 is 34.8 Å². The summed E-state index contributed by atoms with van der Waals surface area (Å²) >= 11 is 19.2. The Labute approximate surface area is 484 Å². The first kappa shape index (κ1) is 57.5. The van der Waals surface area contributed by atoms with E-state index in [2.05, 4.69) is 70.4 Å². The second-order valence-electron chi connectivity index (χ2n) is 19.5. The number of fused-ring (bicyclic) bond motifs is 3. The lowest BCUT2D eigenvalue weighted by Crippen LogP contribution is -2.38. The second kappa shape index (κ2) is 25.6. The summed E-state index contributed by atoms with van der Waals surface area (Å²) in [5, 5.41) is 15.2. The van der Waals surface area contributed by atoms with Crippen LogP contribution in [0.1, 0.15) is 27.3 Å². The minimum atomic E-state index is -4.59. The summed E-state index contributed by atoms with van der Waals surface area (Å²) in [5.41, 5.74) is 8.35. The van der Waals surface area contributed by atoms with Crippen molar-refractivity contribution < 1.29 is 32.4 Å². The molecule has 0 atom stereocenters. The molecular formula is C60H55Cl3F3N11O5. The zero-order chi connectivity index (χ0) is 57.5. The highest BCUT2D eigenvalue weighted by Crippen LogP contribution is 2.36. The first-order valence-electron chi connectivity index (χ1n) is 26.4. The van der Waals surface area contributed by atoms with E-state index in [1.807, 2.05) is 66.7 Å². The van der Waals surface area contributed by atoms with Gasteiger partial charge in [0.15, 0.2) is 0 Å². The number of non-ortho nitro benzene ring substituents is 1. The van der Waals surface area contributed by atoms with Crippen molar-refractivity contribution in [3.63, 3.8) is 0 Å². The van der Waals surface area contributed by atoms with Crippen LogP contribution in [0.15, 0.2) is 140 Å². The molecule has 0 spiro atoms. The van der Waals surface area contributed by atoms with E-state index >= 15 is 0 Å². The molecule has 2 saturated heterocycles. The van der Waals surface area contributed by atoms with E-state index in [9.17, 15) is 28.1 Å². The number of hydrogen-bond donors (Lipinski definition) is 2. The lowest BCUT2D eigenvalue weighted by molar-refractivity contribution is -0.384. The number of hydrogen-bond acceptors (Lipinski definition) is 11. The molecular weight excluding hydrogens is 1120 g/mol. The van der Waals surface area contributed by atoms with E-state index < -0.39 is 22.7 Å². The van der Waals surface area contributed by atoms with Crippen LogP contribution in [0.4, 0.5) is 24.5 Å². The van der Waals surface area contributed by atoms with E-state index in [-0.39, 0.29) is 16.9 Å². The van der Waals surface area contributed by atoms with Gasteiger partial charge in [-0.05, 0) is 98.8 Å². The molecule has 2 fully saturated rings. The number of nitro groups is 1. The molecule has 0 saturated carbocycles. The number of alkyl halides is 3. The maximum absolute atomic E-state index is 13.0. The van der Waals surface area contributed by atoms with Gasteiger partial charge in [0.05, 0.1) is 90.8 Å². The van der Waals surface area contributed by atoms with Gasteiger partial charge in [0, 0.05) is 86.9 Å². The maximum Gasteiger partial charge on any atom is 0.433 e. The molecule has 6 heterocycles. The molecule has 0 aliphatic carbocycles. The molecule has 1 amide bonds. The quantitative estimate of drug-likeness (QED) is 0.0880. The number of amides is 1. The molecule has 4 aromatic heterocycles. The van der Waals surface area contributed by atoms with Crippen LogP contribution in [0.5, 0.6) is 0 Å². The lowest BCUT2D eigenvalue weighted by atomic mass is 10.1. The van der Waals surface area contributed by atoms with Crippen LogP contribution < -0.4 is 5.32 Å². The second-order valence-corrected chi connectivity index (χ2v) is 20.8. The third kappa shape index (κ3) is 13.4. The molecule has 2 aliphatic heterocycles. The summed E-state index contributed by atoms with van der Waals surface area (Å²) in [6.45, 7) is 13.6. The fourth-order valence-corrected chi connectivity index (χ4v) is 10.4. The van der Waals surface area contributed by atoms with Gasteiger partial charge in [-0.1, -0.05) is 82.8 Å². The summed E-state index contributed by atoms with van der Waals surface area (Å²) in [4.78, 5) is 48.8. The number of carbonyl (C=O) groups is 1. The van der Waals surface area contributed by atoms with Crippen molar-refractivity contribution in [3.8, 4) is 34.2 Å². The van der Waals surface area contributed by atoms with Crippen LogP contribution in [0.3, 0.4) is 0 Å². The van der Waals surface area contributed by atoms with Crippen molar-refractivity contribution in [1.29, 1.82) is 0 Å². The number of anilines is 1. The number of H-pyrrole nitrogens is 1. The number of rotatable bonds is 12. The zero-order valence-electron chi connectivity index (χ0n) is 44.6. The normalized spacial score (nSPS) is 14.1. The molecule has 0 bridgehead atoms. The number of benzene rings is 6. The van der Waals surface area contributed by atoms with Crippen LogP contribution in [-0.2, 0) is 28.7 Å². The third-order valence-electron chi connectivity index (χ3n) is 14.1. The van der Waals surface area contributed by atoms with E-state index in [4.69, 9.17) is 54.2 Å². The third-order valence-corrected chi connectivity index (χ3v) is 15.0. The summed E-state index contributed by atoms with van der Waals surface area (Å²) in [5.74, 6) is 1.56. The van der Waals surface area contributed by atoms with Crippen molar-refractivity contribution in [1.82, 2.24) is 43.9 Å². The Balaban J connectivity index is 0.000000147. The SMILES string of the molecule is Cc1ccc(Cl)c(-c2nc3ccccc3n2CCN2CCOCC2)c1.Cc1nc(C(F)(F)F)ccc1C(=O)Nc1ccc(Cl)c(-c2nc3ccccc3n2CCN2CCOCC2)c1.O=[N+]([O-])c1ccc(Cl)c(-c2nc3ccccc3[nH]2)c1. The summed E-state index contributed by atoms with van der Waals surface area (Å²) in [7, 11) is 0. The molecule has 0 unspecified atom stereocenters. The summed E-state index contributed by atoms with van der Waals surface area (Å²) in [6, 6.07) is 41.0. The van der Waals surface area contributed by atoms with Crippen molar-refractivity contribution in [3.05, 3.63) is 187 Å². The molecule has 6 aromatic carbocycles. The molecule has 16 nitrogen and oxygen atoms in total. The minimum Gasteiger partial charge on any atom is -0.379 e. The number of halogens is 6. The molecule has 2 N–H and O–H groups in total. The Morgan fingerprint density at radius 3 is 1.71 bits per heavy atom. The monoisotopic (exact) mass is 1170 g/mol. The lowest BCUT2D eigenvalue weighted by Gasteiger charge is -2.27. The average Bonchev–Trinajstić information content (AvgIpc) is 4.32. The summed E-state index contributed by atoms with van der Waals surface area (Å²) < 4.78 is 54.2. The fourth-order valence-electron chi connectivity index (χ4n) is 9.78. The van der Waals surface area contributed by atoms with E-state index in [0.717, 1.165) is 121 Å². The van der Waals surface area contributed by atoms with Gasteiger partial charge in [0.25, 0.3) is 11.6 Å². The molecule has 2 aliphatic rings. The van der Waals surface area contributed by atoms with Gasteiger partial charge in [0.2, 0.25) is 0 Å². The molecule has 82 heavy (non-hydrogen) atoms. The predicted octanol–water partition coefficient (Wildman–Crippen LogP) is 13.5. The predicted molar refractivity (Wildman–Crippen MR) is 315 cm³/mol. The highest BCUT2D eigenvalue weighted by atomic mass is 35.5. The molecule has 0 radical (unpaired) electrons. The number of aromatic nitrogens is 7. The molecule has 10 aromatic rings. The molecule has 22 heteroatoms. The van der Waals surface area contributed by atoms with Crippen molar-refractivity contribution in [2.75, 3.05) is 71.0 Å². The van der Waals surface area contributed by atoms with Crippen molar-refractivity contribution >= 4 is 85.2 Å². The Morgan fingerprint density at radius 1 is 0.622 bits per heavy atom. The number of aromatic amines is 1. The Kier molecular flexibility index (Phi) is 17.9. The van der Waals surface area contributed by atoms with Gasteiger partial charge < -0.3 is 28.9 Å². The molecule has 422 valence electrons. The van der Waals surface area contributed by atoms with Crippen molar-refractivity contribution in [2.24, 2.45) is 0 Å². The smallest absolute Gasteiger partial charge is 0.379 e. The van der Waals surface area contributed by atoms with Crippen LogP contribution in [0, 0.1) is 24.0 Å². The molecule has 12 rings (SSSR count). The number of ether oxygens (including phenoxy) is 2. The van der Waals surface area contributed by atoms with Gasteiger partial charge in [-0.2, -0.15) is 13.2 Å². The fraction of sp³-hybridized carbons (Fsp3) is 0.250. The number of nitrogens with one attached hydrogen (secondary N) is 2. The van der Waals surface area contributed by atoms with Gasteiger partial charge in [-0.3, -0.25) is 24.7 Å². The standard InChI is InChI=1S/C27H25ClF3N5O2.C20H22ClN3O.C13H8ClN3O2/c1-17-19(7-9-24(32-17)27(29,30)31)26(37)33-18-6-8-21(28)20(16-18)25-34-22-4-2-3-5-23(22)36(25)11-10-35-12-14-38-15-13-35;1-15-6-7-17(21)16(14-15)20-22-18-4-2-3-5-19(18)24(20)9-8-23-10-12-25-13-11-23;14-10-6-5-8(17(18)19)7-9(10)13-15-11-3-1-2-4-12(11)16-13/h2-9,16H,10-15H2,1H3,(H,33,37);2-7,14H,8-13H2,1H3;1-7H,(H,15,16). The number of imidazole rings is 3. The van der Waals surface area contributed by atoms with Gasteiger partial charge in [-0.25, -0.2) is 19.9 Å². The number of nitrogens with zero attached hydrogens (tertiary/aromatic N) is 9. The number of morpholine rings is 2. The highest BCUT2D eigenvalue weighted by Gasteiger charge is 2.33. The van der Waals surface area contributed by atoms with Crippen molar-refractivity contribution in [2.45, 2.75) is 33.1 Å².